The first-order valence-corrected chi connectivity index (χ1v) is 10.4. The first-order chi connectivity index (χ1) is 14.2. The fourth-order valence-corrected chi connectivity index (χ4v) is 4.30. The molecular formula is C23H22N2O3S. The number of ether oxygens (including phenoxy) is 1. The number of methoxy groups -OCH3 is 1. The molecule has 0 saturated carbocycles. The van der Waals surface area contributed by atoms with E-state index in [1.165, 1.54) is 11.3 Å². The predicted molar refractivity (Wildman–Crippen MR) is 115 cm³/mol. The molecule has 0 aliphatic carbocycles. The van der Waals surface area contributed by atoms with Gasteiger partial charge in [-0.2, -0.15) is 0 Å². The predicted octanol–water partition coefficient (Wildman–Crippen LogP) is 4.99. The number of benzene rings is 2. The number of nitrogens with zero attached hydrogens (tertiary/aromatic N) is 1. The maximum Gasteiger partial charge on any atom is 0.265 e. The highest BCUT2D eigenvalue weighted by atomic mass is 32.1. The fourth-order valence-electron chi connectivity index (χ4n) is 3.68. The smallest absolute Gasteiger partial charge is 0.265 e. The minimum absolute atomic E-state index is 0.0180. The number of thiophene rings is 1. The minimum Gasteiger partial charge on any atom is -0.497 e. The van der Waals surface area contributed by atoms with E-state index in [1.54, 1.807) is 37.4 Å². The van der Waals surface area contributed by atoms with Crippen molar-refractivity contribution in [3.63, 3.8) is 0 Å². The molecule has 5 nitrogen and oxygen atoms in total. The zero-order chi connectivity index (χ0) is 20.2. The van der Waals surface area contributed by atoms with Gasteiger partial charge in [0.25, 0.3) is 11.8 Å². The number of anilines is 1. The Kier molecular flexibility index (Phi) is 5.62. The van der Waals surface area contributed by atoms with Crippen molar-refractivity contribution in [3.8, 4) is 5.75 Å². The Morgan fingerprint density at radius 3 is 2.66 bits per heavy atom. The van der Waals surface area contributed by atoms with Gasteiger partial charge >= 0.3 is 0 Å². The van der Waals surface area contributed by atoms with Gasteiger partial charge in [-0.15, -0.1) is 11.3 Å². The molecule has 6 heteroatoms. The fraction of sp³-hybridized carbons (Fsp3) is 0.217. The molecule has 1 fully saturated rings. The van der Waals surface area contributed by atoms with E-state index in [0.29, 0.717) is 16.1 Å². The SMILES string of the molecule is COc1ccc([C@@H]2CCCN2C(=O)c2cccc(NC(=O)c3cccs3)c2)cc1. The van der Waals surface area contributed by atoms with E-state index in [4.69, 9.17) is 4.74 Å². The molecule has 148 valence electrons. The van der Waals surface area contributed by atoms with Crippen LogP contribution in [-0.4, -0.2) is 30.4 Å². The van der Waals surface area contributed by atoms with Gasteiger partial charge in [0.1, 0.15) is 5.75 Å². The summed E-state index contributed by atoms with van der Waals surface area (Å²) in [6.45, 7) is 0.724. The van der Waals surface area contributed by atoms with E-state index in [9.17, 15) is 9.59 Å². The van der Waals surface area contributed by atoms with Crippen LogP contribution in [0.3, 0.4) is 0 Å². The van der Waals surface area contributed by atoms with Gasteiger partial charge < -0.3 is 15.0 Å². The molecule has 0 unspecified atom stereocenters. The average Bonchev–Trinajstić information content (AvgIpc) is 3.46. The van der Waals surface area contributed by atoms with Crippen molar-refractivity contribution in [2.45, 2.75) is 18.9 Å². The van der Waals surface area contributed by atoms with Crippen LogP contribution in [0.4, 0.5) is 5.69 Å². The molecule has 3 aromatic rings. The van der Waals surface area contributed by atoms with Crippen molar-refractivity contribution >= 4 is 28.8 Å². The van der Waals surface area contributed by atoms with Gasteiger partial charge in [0.15, 0.2) is 0 Å². The topological polar surface area (TPSA) is 58.6 Å². The van der Waals surface area contributed by atoms with Crippen molar-refractivity contribution in [1.29, 1.82) is 0 Å². The van der Waals surface area contributed by atoms with Crippen LogP contribution in [-0.2, 0) is 0 Å². The molecule has 0 radical (unpaired) electrons. The van der Waals surface area contributed by atoms with Crippen LogP contribution in [0.25, 0.3) is 0 Å². The molecule has 1 aliphatic heterocycles. The van der Waals surface area contributed by atoms with Crippen LogP contribution < -0.4 is 10.1 Å². The summed E-state index contributed by atoms with van der Waals surface area (Å²) >= 11 is 1.39. The summed E-state index contributed by atoms with van der Waals surface area (Å²) in [6.07, 6.45) is 1.91. The van der Waals surface area contributed by atoms with Crippen molar-refractivity contribution < 1.29 is 14.3 Å². The third kappa shape index (κ3) is 4.17. The van der Waals surface area contributed by atoms with Gasteiger partial charge in [-0.05, 0) is 60.2 Å². The molecule has 2 aromatic carbocycles. The standard InChI is InChI=1S/C23H22N2O3S/c1-28-19-11-9-16(10-12-19)20-7-3-13-25(20)23(27)17-5-2-6-18(15-17)24-22(26)21-8-4-14-29-21/h2,4-6,8-12,14-15,20H,3,7,13H2,1H3,(H,24,26)/t20-/m0/s1. The Morgan fingerprint density at radius 2 is 1.93 bits per heavy atom. The van der Waals surface area contributed by atoms with Crippen LogP contribution in [0.5, 0.6) is 5.75 Å². The highest BCUT2D eigenvalue weighted by Gasteiger charge is 2.30. The average molecular weight is 407 g/mol. The van der Waals surface area contributed by atoms with Crippen LogP contribution in [0.15, 0.2) is 66.0 Å². The van der Waals surface area contributed by atoms with Gasteiger partial charge in [-0.1, -0.05) is 24.3 Å². The zero-order valence-electron chi connectivity index (χ0n) is 16.1. The molecule has 1 N–H and O–H groups in total. The van der Waals surface area contributed by atoms with Crippen LogP contribution in [0.1, 0.15) is 44.5 Å². The number of carbonyl (C=O) groups is 2. The number of hydrogen-bond acceptors (Lipinski definition) is 4. The molecule has 1 aromatic heterocycles. The summed E-state index contributed by atoms with van der Waals surface area (Å²) in [5, 5.41) is 4.74. The minimum atomic E-state index is -0.165. The van der Waals surface area contributed by atoms with E-state index < -0.39 is 0 Å². The van der Waals surface area contributed by atoms with Crippen molar-refractivity contribution in [2.75, 3.05) is 19.0 Å². The maximum absolute atomic E-state index is 13.2. The highest BCUT2D eigenvalue weighted by Crippen LogP contribution is 2.34. The van der Waals surface area contributed by atoms with Gasteiger partial charge in [0.2, 0.25) is 0 Å². The summed E-state index contributed by atoms with van der Waals surface area (Å²) in [4.78, 5) is 28.1. The molecule has 0 spiro atoms. The summed E-state index contributed by atoms with van der Waals surface area (Å²) in [6, 6.07) is 18.7. The molecule has 1 atom stereocenters. The molecule has 1 saturated heterocycles. The largest absolute Gasteiger partial charge is 0.497 e. The van der Waals surface area contributed by atoms with E-state index in [0.717, 1.165) is 30.7 Å². The Labute approximate surface area is 173 Å². The zero-order valence-corrected chi connectivity index (χ0v) is 16.9. The van der Waals surface area contributed by atoms with E-state index >= 15 is 0 Å². The first kappa shape index (κ1) is 19.2. The molecule has 0 bridgehead atoms. The number of carbonyl (C=O) groups excluding carboxylic acids is 2. The normalized spacial score (nSPS) is 15.9. The molecule has 2 amide bonds. The molecule has 2 heterocycles. The molecular weight excluding hydrogens is 384 g/mol. The lowest BCUT2D eigenvalue weighted by Gasteiger charge is -2.25. The molecule has 29 heavy (non-hydrogen) atoms. The Morgan fingerprint density at radius 1 is 1.10 bits per heavy atom. The van der Waals surface area contributed by atoms with E-state index in [-0.39, 0.29) is 17.9 Å². The van der Waals surface area contributed by atoms with Crippen LogP contribution in [0, 0.1) is 0 Å². The first-order valence-electron chi connectivity index (χ1n) is 9.55. The lowest BCUT2D eigenvalue weighted by Crippen LogP contribution is -2.30. The second kappa shape index (κ2) is 8.49. The van der Waals surface area contributed by atoms with Gasteiger partial charge in [0.05, 0.1) is 18.0 Å². The van der Waals surface area contributed by atoms with Crippen molar-refractivity contribution in [2.24, 2.45) is 0 Å². The van der Waals surface area contributed by atoms with Gasteiger partial charge in [-0.25, -0.2) is 0 Å². The van der Waals surface area contributed by atoms with Crippen LogP contribution >= 0.6 is 11.3 Å². The monoisotopic (exact) mass is 406 g/mol. The number of nitrogens with one attached hydrogen (secondary N) is 1. The number of hydrogen-bond donors (Lipinski definition) is 1. The Balaban J connectivity index is 1.51. The molecule has 1 aliphatic rings. The number of rotatable bonds is 5. The Hall–Kier alpha value is -3.12. The van der Waals surface area contributed by atoms with Gasteiger partial charge in [-0.3, -0.25) is 9.59 Å². The third-order valence-electron chi connectivity index (χ3n) is 5.13. The maximum atomic E-state index is 13.2. The third-order valence-corrected chi connectivity index (χ3v) is 6.00. The summed E-state index contributed by atoms with van der Waals surface area (Å²) in [5.41, 5.74) is 2.31. The lowest BCUT2D eigenvalue weighted by atomic mass is 10.0. The Bertz CT molecular complexity index is 999. The van der Waals surface area contributed by atoms with E-state index in [1.807, 2.05) is 40.6 Å². The van der Waals surface area contributed by atoms with Crippen molar-refractivity contribution in [3.05, 3.63) is 82.0 Å². The summed E-state index contributed by atoms with van der Waals surface area (Å²) in [7, 11) is 1.64. The quantitative estimate of drug-likeness (QED) is 0.650. The van der Waals surface area contributed by atoms with Gasteiger partial charge in [0, 0.05) is 17.8 Å². The highest BCUT2D eigenvalue weighted by molar-refractivity contribution is 7.12. The van der Waals surface area contributed by atoms with Crippen LogP contribution in [0.2, 0.25) is 0 Å². The lowest BCUT2D eigenvalue weighted by molar-refractivity contribution is 0.0735. The van der Waals surface area contributed by atoms with Crippen molar-refractivity contribution in [1.82, 2.24) is 4.90 Å². The second-order valence-corrected chi connectivity index (χ2v) is 7.89. The second-order valence-electron chi connectivity index (χ2n) is 6.94. The summed E-state index contributed by atoms with van der Waals surface area (Å²) in [5.74, 6) is 0.622. The molecule has 4 rings (SSSR count). The number of amides is 2. The van der Waals surface area contributed by atoms with E-state index in [2.05, 4.69) is 5.32 Å². The number of likely N-dealkylation sites (tertiary alicyclic amines) is 1. The summed E-state index contributed by atoms with van der Waals surface area (Å²) < 4.78 is 5.23.